The van der Waals surface area contributed by atoms with Crippen LogP contribution < -0.4 is 10.6 Å². The summed E-state index contributed by atoms with van der Waals surface area (Å²) in [6, 6.07) is 11.2. The molecule has 0 atom stereocenters. The number of nitrogens with zero attached hydrogens (tertiary/aromatic N) is 1. The summed E-state index contributed by atoms with van der Waals surface area (Å²) in [4.78, 5) is 39.6. The normalized spacial score (nSPS) is 9.88. The number of nitrogens with one attached hydrogen (secondary N) is 2. The maximum absolute atomic E-state index is 12.3. The highest BCUT2D eigenvalue weighted by Gasteiger charge is 2.12. The number of Topliss-reactive ketones (excluding diaryl/α,β-unsaturated/α-hetero) is 1. The van der Waals surface area contributed by atoms with Gasteiger partial charge in [0.05, 0.1) is 0 Å². The molecule has 1 heterocycles. The number of pyridine rings is 1. The quantitative estimate of drug-likeness (QED) is 0.631. The van der Waals surface area contributed by atoms with E-state index in [1.807, 2.05) is 0 Å². The highest BCUT2D eigenvalue weighted by Crippen LogP contribution is 2.12. The van der Waals surface area contributed by atoms with E-state index in [1.165, 1.54) is 19.1 Å². The Kier molecular flexibility index (Phi) is 5.57. The van der Waals surface area contributed by atoms with Crippen LogP contribution >= 0.6 is 0 Å². The minimum atomic E-state index is -0.464. The summed E-state index contributed by atoms with van der Waals surface area (Å²) in [5.74, 6) is -0.942. The van der Waals surface area contributed by atoms with Crippen molar-refractivity contribution in [3.05, 3.63) is 72.1 Å². The van der Waals surface area contributed by atoms with Crippen molar-refractivity contribution in [3.8, 4) is 0 Å². The van der Waals surface area contributed by atoms with Gasteiger partial charge in [0.2, 0.25) is 0 Å². The van der Waals surface area contributed by atoms with Crippen LogP contribution in [-0.2, 0) is 0 Å². The highest BCUT2D eigenvalue weighted by atomic mass is 16.2. The molecule has 6 heteroatoms. The van der Waals surface area contributed by atoms with Crippen LogP contribution in [0.1, 0.15) is 38.3 Å². The predicted molar refractivity (Wildman–Crippen MR) is 91.2 cm³/mol. The first-order chi connectivity index (χ1) is 11.5. The Bertz CT molecular complexity index is 800. The third-order valence-corrected chi connectivity index (χ3v) is 3.15. The van der Waals surface area contributed by atoms with E-state index in [2.05, 4.69) is 22.2 Å². The van der Waals surface area contributed by atoms with E-state index in [4.69, 9.17) is 0 Å². The van der Waals surface area contributed by atoms with Crippen molar-refractivity contribution < 1.29 is 14.4 Å². The second kappa shape index (κ2) is 7.82. The van der Waals surface area contributed by atoms with Gasteiger partial charge < -0.3 is 10.6 Å². The van der Waals surface area contributed by atoms with Gasteiger partial charge in [0.15, 0.2) is 5.78 Å². The first kappa shape index (κ1) is 17.1. The molecule has 0 aliphatic rings. The zero-order valence-corrected chi connectivity index (χ0v) is 13.2. The topological polar surface area (TPSA) is 88.2 Å². The Morgan fingerprint density at radius 2 is 1.75 bits per heavy atom. The molecule has 122 valence electrons. The Hall–Kier alpha value is -3.28. The molecule has 6 nitrogen and oxygen atoms in total. The van der Waals surface area contributed by atoms with Crippen LogP contribution in [0.15, 0.2) is 55.1 Å². The molecule has 0 spiro atoms. The summed E-state index contributed by atoms with van der Waals surface area (Å²) in [7, 11) is 0. The molecule has 0 saturated heterocycles. The van der Waals surface area contributed by atoms with E-state index in [0.29, 0.717) is 17.8 Å². The molecular weight excluding hydrogens is 306 g/mol. The largest absolute Gasteiger partial charge is 0.347 e. The van der Waals surface area contributed by atoms with Crippen LogP contribution in [0.4, 0.5) is 5.69 Å². The zero-order valence-electron chi connectivity index (χ0n) is 13.2. The lowest BCUT2D eigenvalue weighted by atomic mass is 10.1. The predicted octanol–water partition coefficient (Wildman–Crippen LogP) is 2.45. The SMILES string of the molecule is C=CCNC(=O)c1cccc(C(=O)Nc2cccc(C(C)=O)c2)n1. The fourth-order valence-corrected chi connectivity index (χ4v) is 1.95. The van der Waals surface area contributed by atoms with Crippen molar-refractivity contribution in [1.82, 2.24) is 10.3 Å². The first-order valence-corrected chi connectivity index (χ1v) is 7.30. The monoisotopic (exact) mass is 323 g/mol. The molecule has 2 rings (SSSR count). The van der Waals surface area contributed by atoms with Crippen LogP contribution in [-0.4, -0.2) is 29.1 Å². The lowest BCUT2D eigenvalue weighted by Gasteiger charge is -2.07. The van der Waals surface area contributed by atoms with E-state index in [0.717, 1.165) is 0 Å². The van der Waals surface area contributed by atoms with Gasteiger partial charge in [-0.2, -0.15) is 0 Å². The molecule has 2 aromatic rings. The number of ketones is 1. The molecule has 0 unspecified atom stereocenters. The zero-order chi connectivity index (χ0) is 17.5. The van der Waals surface area contributed by atoms with Crippen molar-refractivity contribution in [1.29, 1.82) is 0 Å². The van der Waals surface area contributed by atoms with Gasteiger partial charge in [-0.05, 0) is 31.2 Å². The van der Waals surface area contributed by atoms with Crippen LogP contribution in [0, 0.1) is 0 Å². The smallest absolute Gasteiger partial charge is 0.274 e. The van der Waals surface area contributed by atoms with Crippen molar-refractivity contribution in [2.45, 2.75) is 6.92 Å². The molecule has 0 radical (unpaired) electrons. The average molecular weight is 323 g/mol. The van der Waals surface area contributed by atoms with Gasteiger partial charge >= 0.3 is 0 Å². The summed E-state index contributed by atoms with van der Waals surface area (Å²) >= 11 is 0. The van der Waals surface area contributed by atoms with Crippen molar-refractivity contribution in [2.75, 3.05) is 11.9 Å². The number of carbonyl (C=O) groups is 3. The summed E-state index contributed by atoms with van der Waals surface area (Å²) in [6.07, 6.45) is 1.55. The molecular formula is C18H17N3O3. The van der Waals surface area contributed by atoms with E-state index >= 15 is 0 Å². The molecule has 2 amide bonds. The van der Waals surface area contributed by atoms with Crippen LogP contribution in [0.3, 0.4) is 0 Å². The van der Waals surface area contributed by atoms with Crippen molar-refractivity contribution in [3.63, 3.8) is 0 Å². The van der Waals surface area contributed by atoms with Crippen LogP contribution in [0.2, 0.25) is 0 Å². The van der Waals surface area contributed by atoms with Gasteiger partial charge in [-0.15, -0.1) is 6.58 Å². The van der Waals surface area contributed by atoms with E-state index in [-0.39, 0.29) is 23.1 Å². The second-order valence-corrected chi connectivity index (χ2v) is 5.00. The van der Waals surface area contributed by atoms with Crippen molar-refractivity contribution >= 4 is 23.3 Å². The minimum absolute atomic E-state index is 0.0925. The lowest BCUT2D eigenvalue weighted by molar-refractivity contribution is 0.0951. The number of carbonyl (C=O) groups excluding carboxylic acids is 3. The average Bonchev–Trinajstić information content (AvgIpc) is 2.60. The first-order valence-electron chi connectivity index (χ1n) is 7.30. The molecule has 0 aliphatic carbocycles. The fraction of sp³-hybridized carbons (Fsp3) is 0.111. The molecule has 0 saturated carbocycles. The summed E-state index contributed by atoms with van der Waals surface area (Å²) in [5.41, 5.74) is 1.23. The van der Waals surface area contributed by atoms with E-state index < -0.39 is 5.91 Å². The highest BCUT2D eigenvalue weighted by molar-refractivity contribution is 6.04. The molecule has 0 bridgehead atoms. The van der Waals surface area contributed by atoms with Gasteiger partial charge in [0.25, 0.3) is 11.8 Å². The fourth-order valence-electron chi connectivity index (χ4n) is 1.95. The number of hydrogen-bond acceptors (Lipinski definition) is 4. The number of aromatic nitrogens is 1. The number of benzene rings is 1. The third-order valence-electron chi connectivity index (χ3n) is 3.15. The van der Waals surface area contributed by atoms with Gasteiger partial charge in [0.1, 0.15) is 11.4 Å². The van der Waals surface area contributed by atoms with E-state index in [1.54, 1.807) is 36.4 Å². The van der Waals surface area contributed by atoms with Crippen LogP contribution in [0.5, 0.6) is 0 Å². The Balaban J connectivity index is 2.15. The van der Waals surface area contributed by atoms with Gasteiger partial charge in [-0.1, -0.05) is 24.3 Å². The Labute approximate surface area is 139 Å². The van der Waals surface area contributed by atoms with Gasteiger partial charge in [0, 0.05) is 17.8 Å². The minimum Gasteiger partial charge on any atom is -0.347 e. The van der Waals surface area contributed by atoms with Gasteiger partial charge in [-0.3, -0.25) is 14.4 Å². The standard InChI is InChI=1S/C18H17N3O3/c1-3-10-19-17(23)15-8-5-9-16(21-15)18(24)20-14-7-4-6-13(11-14)12(2)22/h3-9,11H,1,10H2,2H3,(H,19,23)(H,20,24). The van der Waals surface area contributed by atoms with E-state index in [9.17, 15) is 14.4 Å². The lowest BCUT2D eigenvalue weighted by Crippen LogP contribution is -2.25. The number of amides is 2. The molecule has 1 aromatic heterocycles. The number of anilines is 1. The third kappa shape index (κ3) is 4.36. The maximum atomic E-state index is 12.3. The second-order valence-electron chi connectivity index (χ2n) is 5.00. The Morgan fingerprint density at radius 3 is 2.42 bits per heavy atom. The molecule has 1 aromatic carbocycles. The number of hydrogen-bond donors (Lipinski definition) is 2. The number of rotatable bonds is 6. The summed E-state index contributed by atoms with van der Waals surface area (Å²) in [6.45, 7) is 5.28. The molecule has 0 aliphatic heterocycles. The molecule has 0 fully saturated rings. The van der Waals surface area contributed by atoms with Crippen LogP contribution in [0.25, 0.3) is 0 Å². The van der Waals surface area contributed by atoms with Gasteiger partial charge in [-0.25, -0.2) is 4.98 Å². The Morgan fingerprint density at radius 1 is 1.08 bits per heavy atom. The van der Waals surface area contributed by atoms with Crippen molar-refractivity contribution in [2.24, 2.45) is 0 Å². The molecule has 24 heavy (non-hydrogen) atoms. The summed E-state index contributed by atoms with van der Waals surface area (Å²) in [5, 5.41) is 5.26. The maximum Gasteiger partial charge on any atom is 0.274 e. The summed E-state index contributed by atoms with van der Waals surface area (Å²) < 4.78 is 0. The molecule has 2 N–H and O–H groups in total.